The molecule has 5 nitrogen and oxygen atoms in total. The second kappa shape index (κ2) is 5.99. The largest absolute Gasteiger partial charge is 0.471 e. The summed E-state index contributed by atoms with van der Waals surface area (Å²) in [4.78, 5) is 25.3. The van der Waals surface area contributed by atoms with Crippen LogP contribution in [0.1, 0.15) is 5.56 Å². The van der Waals surface area contributed by atoms with E-state index in [4.69, 9.17) is 0 Å². The maximum atomic E-state index is 11.8. The summed E-state index contributed by atoms with van der Waals surface area (Å²) in [5.41, 5.74) is 0.750. The molecule has 0 saturated heterocycles. The number of nitrogens with zero attached hydrogens (tertiary/aromatic N) is 1. The monoisotopic (exact) mass is 261 g/mol. The quantitative estimate of drug-likeness (QED) is 0.823. The van der Waals surface area contributed by atoms with Gasteiger partial charge in [-0.15, -0.1) is 0 Å². The van der Waals surface area contributed by atoms with Gasteiger partial charge in [-0.05, 0) is 17.7 Å². The highest BCUT2D eigenvalue weighted by atomic mass is 19.4. The molecule has 0 unspecified atom stereocenters. The Bertz CT molecular complexity index is 420. The molecule has 2 amide bonds. The second-order valence-electron chi connectivity index (χ2n) is 3.31. The lowest BCUT2D eigenvalue weighted by Crippen LogP contribution is -2.42. The summed E-state index contributed by atoms with van der Waals surface area (Å²) in [5, 5.41) is 3.83. The number of halogens is 3. The van der Waals surface area contributed by atoms with Gasteiger partial charge in [0.15, 0.2) is 0 Å². The van der Waals surface area contributed by atoms with Gasteiger partial charge in [0.1, 0.15) is 0 Å². The van der Waals surface area contributed by atoms with Crippen LogP contribution in [-0.2, 0) is 16.1 Å². The molecule has 1 aromatic rings. The molecule has 1 aromatic heterocycles. The van der Waals surface area contributed by atoms with Crippen LogP contribution < -0.4 is 10.6 Å². The Balaban J connectivity index is 2.29. The highest BCUT2D eigenvalue weighted by Gasteiger charge is 2.38. The predicted octanol–water partition coefficient (Wildman–Crippen LogP) is 0.376. The summed E-state index contributed by atoms with van der Waals surface area (Å²) in [5.74, 6) is -2.84. The van der Waals surface area contributed by atoms with Crippen molar-refractivity contribution < 1.29 is 22.8 Å². The number of hydrogen-bond acceptors (Lipinski definition) is 3. The Morgan fingerprint density at radius 2 is 1.78 bits per heavy atom. The number of hydrogen-bond donors (Lipinski definition) is 2. The summed E-state index contributed by atoms with van der Waals surface area (Å²) in [6.07, 6.45) is -1.94. The van der Waals surface area contributed by atoms with Crippen LogP contribution in [-0.4, -0.2) is 29.5 Å². The zero-order valence-corrected chi connectivity index (χ0v) is 9.12. The van der Waals surface area contributed by atoms with Crippen molar-refractivity contribution in [3.8, 4) is 0 Å². The Kier molecular flexibility index (Phi) is 4.64. The number of pyridine rings is 1. The third kappa shape index (κ3) is 4.81. The molecule has 0 spiro atoms. The summed E-state index contributed by atoms with van der Waals surface area (Å²) in [7, 11) is 0. The minimum Gasteiger partial charge on any atom is -0.350 e. The minimum atomic E-state index is -4.98. The third-order valence-corrected chi connectivity index (χ3v) is 1.91. The van der Waals surface area contributed by atoms with E-state index in [1.807, 2.05) is 0 Å². The van der Waals surface area contributed by atoms with E-state index in [9.17, 15) is 22.8 Å². The smallest absolute Gasteiger partial charge is 0.350 e. The lowest BCUT2D eigenvalue weighted by atomic mass is 10.3. The van der Waals surface area contributed by atoms with E-state index in [2.05, 4.69) is 10.3 Å². The standard InChI is InChI=1S/C10H10F3N3O2/c11-10(12,13)9(18)16-6-8(17)15-5-7-1-3-14-4-2-7/h1-4H,5-6H2,(H,15,17)(H,16,18). The normalized spacial score (nSPS) is 10.8. The molecule has 0 atom stereocenters. The Labute approximate surface area is 100 Å². The highest BCUT2D eigenvalue weighted by Crippen LogP contribution is 2.13. The second-order valence-corrected chi connectivity index (χ2v) is 3.31. The number of nitrogens with one attached hydrogen (secondary N) is 2. The molecule has 0 aromatic carbocycles. The molecule has 0 saturated carbocycles. The number of aromatic nitrogens is 1. The van der Waals surface area contributed by atoms with Crippen LogP contribution in [0.3, 0.4) is 0 Å². The van der Waals surface area contributed by atoms with Crippen LogP contribution in [0.4, 0.5) is 13.2 Å². The molecule has 1 heterocycles. The van der Waals surface area contributed by atoms with Gasteiger partial charge in [-0.25, -0.2) is 0 Å². The van der Waals surface area contributed by atoms with Gasteiger partial charge in [0.05, 0.1) is 6.54 Å². The SMILES string of the molecule is O=C(CNC(=O)C(F)(F)F)NCc1ccncc1. The van der Waals surface area contributed by atoms with E-state index < -0.39 is 24.5 Å². The van der Waals surface area contributed by atoms with Gasteiger partial charge in [-0.3, -0.25) is 14.6 Å². The first kappa shape index (κ1) is 13.9. The fraction of sp³-hybridized carbons (Fsp3) is 0.300. The highest BCUT2D eigenvalue weighted by molar-refractivity contribution is 5.87. The van der Waals surface area contributed by atoms with Crippen molar-refractivity contribution >= 4 is 11.8 Å². The number of amides is 2. The zero-order valence-electron chi connectivity index (χ0n) is 9.12. The molecule has 98 valence electrons. The Hall–Kier alpha value is -2.12. The summed E-state index contributed by atoms with van der Waals surface area (Å²) < 4.78 is 35.4. The van der Waals surface area contributed by atoms with Crippen molar-refractivity contribution in [1.82, 2.24) is 15.6 Å². The van der Waals surface area contributed by atoms with E-state index in [1.165, 1.54) is 17.7 Å². The lowest BCUT2D eigenvalue weighted by molar-refractivity contribution is -0.173. The van der Waals surface area contributed by atoms with Crippen LogP contribution in [0.2, 0.25) is 0 Å². The van der Waals surface area contributed by atoms with Gasteiger partial charge in [-0.1, -0.05) is 0 Å². The predicted molar refractivity (Wildman–Crippen MR) is 55.1 cm³/mol. The molecule has 0 aliphatic heterocycles. The molecular weight excluding hydrogens is 251 g/mol. The van der Waals surface area contributed by atoms with Crippen molar-refractivity contribution in [3.63, 3.8) is 0 Å². The van der Waals surface area contributed by atoms with Crippen molar-refractivity contribution in [2.24, 2.45) is 0 Å². The van der Waals surface area contributed by atoms with Crippen molar-refractivity contribution in [2.45, 2.75) is 12.7 Å². The average Bonchev–Trinajstić information content (AvgIpc) is 2.33. The number of rotatable bonds is 4. The average molecular weight is 261 g/mol. The molecule has 8 heteroatoms. The number of alkyl halides is 3. The molecule has 0 bridgehead atoms. The van der Waals surface area contributed by atoms with Crippen LogP contribution in [0, 0.1) is 0 Å². The molecule has 18 heavy (non-hydrogen) atoms. The van der Waals surface area contributed by atoms with Gasteiger partial charge >= 0.3 is 12.1 Å². The maximum Gasteiger partial charge on any atom is 0.471 e. The van der Waals surface area contributed by atoms with Crippen LogP contribution in [0.5, 0.6) is 0 Å². The molecular formula is C10H10F3N3O2. The van der Waals surface area contributed by atoms with Crippen LogP contribution >= 0.6 is 0 Å². The summed E-state index contributed by atoms with van der Waals surface area (Å²) >= 11 is 0. The molecule has 0 radical (unpaired) electrons. The van der Waals surface area contributed by atoms with Crippen molar-refractivity contribution in [1.29, 1.82) is 0 Å². The van der Waals surface area contributed by atoms with Crippen LogP contribution in [0.25, 0.3) is 0 Å². The van der Waals surface area contributed by atoms with Gasteiger partial charge in [0, 0.05) is 18.9 Å². The van der Waals surface area contributed by atoms with Gasteiger partial charge in [0.2, 0.25) is 5.91 Å². The summed E-state index contributed by atoms with van der Waals surface area (Å²) in [6.45, 7) is -0.563. The topological polar surface area (TPSA) is 71.1 Å². The third-order valence-electron chi connectivity index (χ3n) is 1.91. The van der Waals surface area contributed by atoms with E-state index in [1.54, 1.807) is 12.1 Å². The van der Waals surface area contributed by atoms with Crippen LogP contribution in [0.15, 0.2) is 24.5 Å². The molecule has 1 rings (SSSR count). The van der Waals surface area contributed by atoms with Gasteiger partial charge in [0.25, 0.3) is 0 Å². The van der Waals surface area contributed by atoms with Gasteiger partial charge in [-0.2, -0.15) is 13.2 Å². The molecule has 0 fully saturated rings. The Morgan fingerprint density at radius 1 is 1.17 bits per heavy atom. The van der Waals surface area contributed by atoms with E-state index in [0.29, 0.717) is 0 Å². The first-order chi connectivity index (χ1) is 8.39. The molecule has 2 N–H and O–H groups in total. The van der Waals surface area contributed by atoms with Crippen molar-refractivity contribution in [2.75, 3.05) is 6.54 Å². The number of carbonyl (C=O) groups is 2. The summed E-state index contributed by atoms with van der Waals surface area (Å²) in [6, 6.07) is 3.29. The minimum absolute atomic E-state index is 0.156. The molecule has 0 aliphatic rings. The van der Waals surface area contributed by atoms with Gasteiger partial charge < -0.3 is 10.6 Å². The molecule has 0 aliphatic carbocycles. The zero-order chi connectivity index (χ0) is 13.6. The fourth-order valence-corrected chi connectivity index (χ4v) is 1.02. The fourth-order valence-electron chi connectivity index (χ4n) is 1.02. The van der Waals surface area contributed by atoms with Crippen molar-refractivity contribution in [3.05, 3.63) is 30.1 Å². The maximum absolute atomic E-state index is 11.8. The van der Waals surface area contributed by atoms with E-state index >= 15 is 0 Å². The van der Waals surface area contributed by atoms with E-state index in [-0.39, 0.29) is 6.54 Å². The lowest BCUT2D eigenvalue weighted by Gasteiger charge is -2.08. The van der Waals surface area contributed by atoms with E-state index in [0.717, 1.165) is 5.56 Å². The number of carbonyl (C=O) groups excluding carboxylic acids is 2. The first-order valence-electron chi connectivity index (χ1n) is 4.90. The Morgan fingerprint density at radius 3 is 2.33 bits per heavy atom. The first-order valence-corrected chi connectivity index (χ1v) is 4.90.